The number of rotatable bonds is 3. The van der Waals surface area contributed by atoms with E-state index in [2.05, 4.69) is 37.0 Å². The zero-order chi connectivity index (χ0) is 20.4. The molecule has 0 radical (unpaired) electrons. The van der Waals surface area contributed by atoms with Crippen molar-refractivity contribution in [2.45, 2.75) is 52.9 Å². The van der Waals surface area contributed by atoms with Crippen molar-refractivity contribution < 1.29 is 9.53 Å². The number of ether oxygens (including phenoxy) is 1. The van der Waals surface area contributed by atoms with Gasteiger partial charge in [0, 0.05) is 30.8 Å². The Morgan fingerprint density at radius 1 is 1.17 bits per heavy atom. The maximum absolute atomic E-state index is 12.5. The fourth-order valence-electron chi connectivity index (χ4n) is 7.21. The van der Waals surface area contributed by atoms with Crippen molar-refractivity contribution in [2.24, 2.45) is 28.6 Å². The van der Waals surface area contributed by atoms with Crippen LogP contribution in [0.25, 0.3) is 5.57 Å². The van der Waals surface area contributed by atoms with Gasteiger partial charge in [0.2, 0.25) is 5.91 Å². The van der Waals surface area contributed by atoms with Gasteiger partial charge in [-0.2, -0.15) is 0 Å². The number of aromatic nitrogens is 1. The predicted molar refractivity (Wildman–Crippen MR) is 114 cm³/mol. The molecule has 0 spiro atoms. The number of fused-ring (bicyclic) bond motifs is 5. The number of carbonyl (C=O) groups excluding carboxylic acids is 1. The van der Waals surface area contributed by atoms with Crippen molar-refractivity contribution in [1.82, 2.24) is 9.88 Å². The molecule has 1 aromatic heterocycles. The number of likely N-dealkylation sites (tertiary alicyclic amines) is 1. The zero-order valence-electron chi connectivity index (χ0n) is 18.1. The van der Waals surface area contributed by atoms with Crippen molar-refractivity contribution in [3.05, 3.63) is 41.9 Å². The van der Waals surface area contributed by atoms with E-state index in [1.54, 1.807) is 6.20 Å². The number of hydrogen-bond acceptors (Lipinski definition) is 3. The Balaban J connectivity index is 1.46. The van der Waals surface area contributed by atoms with E-state index in [0.29, 0.717) is 30.8 Å². The van der Waals surface area contributed by atoms with E-state index in [-0.39, 0.29) is 16.7 Å². The lowest BCUT2D eigenvalue weighted by atomic mass is 9.50. The van der Waals surface area contributed by atoms with Crippen LogP contribution in [0.15, 0.2) is 36.3 Å². The summed E-state index contributed by atoms with van der Waals surface area (Å²) < 4.78 is 5.71. The second-order valence-electron chi connectivity index (χ2n) is 9.90. The molecule has 1 amide bonds. The van der Waals surface area contributed by atoms with Gasteiger partial charge in [0.05, 0.1) is 12.8 Å². The molecule has 2 heterocycles. The average molecular weight is 393 g/mol. The Labute approximate surface area is 174 Å². The molecule has 3 aliphatic carbocycles. The maximum Gasteiger partial charge on any atom is 0.227 e. The average Bonchev–Trinajstić information content (AvgIpc) is 3.16. The molecule has 5 atom stereocenters. The van der Waals surface area contributed by atoms with Gasteiger partial charge in [-0.25, -0.2) is 0 Å². The molecule has 29 heavy (non-hydrogen) atoms. The lowest BCUT2D eigenvalue weighted by Crippen LogP contribution is -2.47. The molecule has 0 N–H and O–H groups in total. The summed E-state index contributed by atoms with van der Waals surface area (Å²) in [5.74, 6) is 3.05. The Morgan fingerprint density at radius 2 is 2.00 bits per heavy atom. The Bertz CT molecular complexity index is 919. The van der Waals surface area contributed by atoms with E-state index in [1.165, 1.54) is 29.7 Å². The first-order valence-corrected chi connectivity index (χ1v) is 11.1. The molecule has 5 rings (SSSR count). The SMILES string of the molecule is CCOc1cncc(C2=CCC3C4CC=C5N(C)C(=O)C[C@]5(C)C4CC[C@]23C)c1. The molecule has 154 valence electrons. The number of pyridine rings is 1. The first-order valence-electron chi connectivity index (χ1n) is 11.1. The van der Waals surface area contributed by atoms with Crippen LogP contribution in [0.2, 0.25) is 0 Å². The van der Waals surface area contributed by atoms with E-state index < -0.39 is 0 Å². The molecular weight excluding hydrogens is 360 g/mol. The number of carbonyl (C=O) groups is 1. The molecule has 4 nitrogen and oxygen atoms in total. The van der Waals surface area contributed by atoms with E-state index in [9.17, 15) is 4.79 Å². The highest BCUT2D eigenvalue weighted by atomic mass is 16.5. The van der Waals surface area contributed by atoms with Crippen molar-refractivity contribution >= 4 is 11.5 Å². The van der Waals surface area contributed by atoms with E-state index in [1.807, 2.05) is 25.1 Å². The van der Waals surface area contributed by atoms with Gasteiger partial charge in [-0.3, -0.25) is 9.78 Å². The minimum Gasteiger partial charge on any atom is -0.492 e. The van der Waals surface area contributed by atoms with Gasteiger partial charge in [-0.1, -0.05) is 26.0 Å². The normalized spacial score (nSPS) is 38.1. The highest BCUT2D eigenvalue weighted by molar-refractivity contribution is 5.83. The molecule has 4 aliphatic rings. The third kappa shape index (κ3) is 2.57. The van der Waals surface area contributed by atoms with Crippen LogP contribution < -0.4 is 4.74 Å². The van der Waals surface area contributed by atoms with Crippen molar-refractivity contribution in [2.75, 3.05) is 13.7 Å². The largest absolute Gasteiger partial charge is 0.492 e. The zero-order valence-corrected chi connectivity index (χ0v) is 18.1. The first kappa shape index (κ1) is 18.9. The standard InChI is InChI=1S/C25H32N2O2/c1-5-29-17-12-16(14-26-15-17)19-7-8-20-18-6-9-22-25(3,13-23(28)27(22)4)21(18)10-11-24(19,20)2/h7,9,12,14-15,18,20-21H,5-6,8,10-11,13H2,1-4H3/t18?,20?,21?,24-,25-/m1/s1. The first-order chi connectivity index (χ1) is 13.9. The van der Waals surface area contributed by atoms with Crippen LogP contribution in [0.4, 0.5) is 0 Å². The van der Waals surface area contributed by atoms with Gasteiger partial charge >= 0.3 is 0 Å². The summed E-state index contributed by atoms with van der Waals surface area (Å²) in [6.07, 6.45) is 14.0. The summed E-state index contributed by atoms with van der Waals surface area (Å²) in [6, 6.07) is 2.16. The fourth-order valence-corrected chi connectivity index (χ4v) is 7.21. The summed E-state index contributed by atoms with van der Waals surface area (Å²) in [7, 11) is 1.96. The van der Waals surface area contributed by atoms with Gasteiger partial charge in [0.15, 0.2) is 0 Å². The van der Waals surface area contributed by atoms with Gasteiger partial charge in [-0.15, -0.1) is 0 Å². The summed E-state index contributed by atoms with van der Waals surface area (Å²) in [5.41, 5.74) is 4.16. The van der Waals surface area contributed by atoms with Crippen LogP contribution in [0.5, 0.6) is 5.75 Å². The van der Waals surface area contributed by atoms with Gasteiger partial charge in [0.25, 0.3) is 0 Å². The van der Waals surface area contributed by atoms with Gasteiger partial charge in [-0.05, 0) is 73.0 Å². The topological polar surface area (TPSA) is 42.4 Å². The highest BCUT2D eigenvalue weighted by Gasteiger charge is 2.59. The molecule has 1 saturated heterocycles. The maximum atomic E-state index is 12.5. The quantitative estimate of drug-likeness (QED) is 0.721. The van der Waals surface area contributed by atoms with Gasteiger partial charge < -0.3 is 9.64 Å². The Hall–Kier alpha value is -2.10. The smallest absolute Gasteiger partial charge is 0.227 e. The Kier molecular flexibility index (Phi) is 4.20. The second kappa shape index (κ2) is 6.45. The highest BCUT2D eigenvalue weighted by Crippen LogP contribution is 2.66. The second-order valence-corrected chi connectivity index (χ2v) is 9.90. The van der Waals surface area contributed by atoms with Gasteiger partial charge in [0.1, 0.15) is 5.75 Å². The van der Waals surface area contributed by atoms with Crippen LogP contribution in [0.3, 0.4) is 0 Å². The van der Waals surface area contributed by atoms with Crippen LogP contribution in [0.1, 0.15) is 58.4 Å². The molecule has 0 bridgehead atoms. The molecule has 0 aromatic carbocycles. The number of hydrogen-bond donors (Lipinski definition) is 0. The Morgan fingerprint density at radius 3 is 2.79 bits per heavy atom. The summed E-state index contributed by atoms with van der Waals surface area (Å²) >= 11 is 0. The molecule has 1 aromatic rings. The monoisotopic (exact) mass is 392 g/mol. The summed E-state index contributed by atoms with van der Waals surface area (Å²) in [6.45, 7) is 7.48. The predicted octanol–water partition coefficient (Wildman–Crippen LogP) is 5.07. The minimum absolute atomic E-state index is 0.0231. The van der Waals surface area contributed by atoms with Crippen LogP contribution in [0, 0.1) is 28.6 Å². The number of amides is 1. The van der Waals surface area contributed by atoms with Crippen LogP contribution >= 0.6 is 0 Å². The minimum atomic E-state index is 0.0231. The molecule has 2 fully saturated rings. The lowest BCUT2D eigenvalue weighted by molar-refractivity contribution is -0.126. The summed E-state index contributed by atoms with van der Waals surface area (Å²) in [4.78, 5) is 18.9. The third-order valence-corrected chi connectivity index (χ3v) is 8.59. The van der Waals surface area contributed by atoms with Crippen LogP contribution in [-0.2, 0) is 4.79 Å². The molecule has 1 aliphatic heterocycles. The van der Waals surface area contributed by atoms with E-state index in [4.69, 9.17) is 4.74 Å². The molecule has 1 saturated carbocycles. The van der Waals surface area contributed by atoms with Crippen molar-refractivity contribution in [3.63, 3.8) is 0 Å². The van der Waals surface area contributed by atoms with E-state index in [0.717, 1.165) is 18.6 Å². The molecular formula is C25H32N2O2. The van der Waals surface area contributed by atoms with Crippen LogP contribution in [-0.4, -0.2) is 29.4 Å². The summed E-state index contributed by atoms with van der Waals surface area (Å²) in [5, 5.41) is 0. The number of nitrogens with zero attached hydrogens (tertiary/aromatic N) is 2. The lowest BCUT2D eigenvalue weighted by Gasteiger charge is -2.54. The molecule has 3 unspecified atom stereocenters. The van der Waals surface area contributed by atoms with Crippen molar-refractivity contribution in [3.8, 4) is 5.75 Å². The van der Waals surface area contributed by atoms with Crippen molar-refractivity contribution in [1.29, 1.82) is 0 Å². The third-order valence-electron chi connectivity index (χ3n) is 8.59. The fraction of sp³-hybridized carbons (Fsp3) is 0.600. The number of allylic oxidation sites excluding steroid dienone is 4. The molecule has 4 heteroatoms. The van der Waals surface area contributed by atoms with E-state index >= 15 is 0 Å².